The van der Waals surface area contributed by atoms with Gasteiger partial charge in [-0.3, -0.25) is 29.8 Å². The number of nitrogens with zero attached hydrogens (tertiary/aromatic N) is 7. The van der Waals surface area contributed by atoms with Crippen molar-refractivity contribution in [1.29, 1.82) is 5.41 Å². The summed E-state index contributed by atoms with van der Waals surface area (Å²) in [5.74, 6) is 0.993. The van der Waals surface area contributed by atoms with Gasteiger partial charge in [0.05, 0.1) is 28.4 Å². The molecule has 5 N–H and O–H groups in total. The standard InChI is InChI=1S/C37H44N10O2S/c1-24(2)50-31-11-8-28(20-42-31)33(39)34-29(38)9-10-30(44-34)47-19-15-37(36(47)49)14-18-45(22-37)21-32(48)46-16-12-26(13-17-46)25-4-6-27(7-5-25)35(40)43-23-41-3/h4-12,20,23-24,39H,13-19,21-22,38H2,1-3H3,(H2,40,41,43)/t37-/m0/s1. The SMILES string of the molecule is CN=CN=C(N)c1ccc(C2=CCN(C(=O)CN3CC[C@]4(CCN(c5ccc(N)c(C(=N)c6ccc(SC(C)C)nc6)n5)C4=O)C3)CC2)cc1. The number of carbonyl (C=O) groups is 2. The number of amides is 2. The number of aliphatic imine (C=N–C) groups is 2. The van der Waals surface area contributed by atoms with Crippen LogP contribution in [0, 0.1) is 10.8 Å². The molecule has 0 aliphatic carbocycles. The molecule has 3 aliphatic heterocycles. The fourth-order valence-electron chi connectivity index (χ4n) is 6.80. The van der Waals surface area contributed by atoms with Gasteiger partial charge in [0.15, 0.2) is 0 Å². The van der Waals surface area contributed by atoms with E-state index in [1.54, 1.807) is 42.0 Å². The molecule has 3 aliphatic rings. The van der Waals surface area contributed by atoms with Crippen molar-refractivity contribution in [1.82, 2.24) is 19.8 Å². The number of hydrogen-bond acceptors (Lipinski definition) is 9. The Morgan fingerprint density at radius 1 is 1.08 bits per heavy atom. The van der Waals surface area contributed by atoms with Gasteiger partial charge in [0, 0.05) is 55.8 Å². The molecule has 6 rings (SSSR count). The van der Waals surface area contributed by atoms with Gasteiger partial charge in [0.1, 0.15) is 23.7 Å². The van der Waals surface area contributed by atoms with E-state index in [1.165, 1.54) is 11.9 Å². The number of amidine groups is 1. The molecule has 2 aromatic heterocycles. The Labute approximate surface area is 297 Å². The second-order valence-corrected chi connectivity index (χ2v) is 14.9. The number of nitrogens with one attached hydrogen (secondary N) is 1. The number of pyridine rings is 2. The second-order valence-electron chi connectivity index (χ2n) is 13.3. The van der Waals surface area contributed by atoms with E-state index in [4.69, 9.17) is 21.9 Å². The minimum Gasteiger partial charge on any atom is -0.397 e. The van der Waals surface area contributed by atoms with Crippen LogP contribution >= 0.6 is 11.8 Å². The Morgan fingerprint density at radius 2 is 1.84 bits per heavy atom. The molecule has 5 heterocycles. The van der Waals surface area contributed by atoms with Gasteiger partial charge in [0.25, 0.3) is 0 Å². The first-order valence-corrected chi connectivity index (χ1v) is 17.8. The van der Waals surface area contributed by atoms with E-state index in [0.29, 0.717) is 79.4 Å². The summed E-state index contributed by atoms with van der Waals surface area (Å²) in [6, 6.07) is 15.2. The first-order chi connectivity index (χ1) is 24.1. The van der Waals surface area contributed by atoms with Crippen LogP contribution in [0.5, 0.6) is 0 Å². The Bertz CT molecular complexity index is 1850. The number of thioether (sulfide) groups is 1. The van der Waals surface area contributed by atoms with Crippen molar-refractivity contribution < 1.29 is 9.59 Å². The van der Waals surface area contributed by atoms with Crippen molar-refractivity contribution in [2.45, 2.75) is 43.4 Å². The van der Waals surface area contributed by atoms with Crippen molar-refractivity contribution in [2.24, 2.45) is 21.1 Å². The highest BCUT2D eigenvalue weighted by molar-refractivity contribution is 7.99. The molecule has 0 bridgehead atoms. The molecular formula is C37H44N10O2S. The van der Waals surface area contributed by atoms with E-state index in [-0.39, 0.29) is 24.1 Å². The number of benzene rings is 1. The highest BCUT2D eigenvalue weighted by Crippen LogP contribution is 2.42. The maximum absolute atomic E-state index is 13.9. The summed E-state index contributed by atoms with van der Waals surface area (Å²) in [7, 11) is 1.65. The summed E-state index contributed by atoms with van der Waals surface area (Å²) >= 11 is 1.66. The zero-order chi connectivity index (χ0) is 35.4. The van der Waals surface area contributed by atoms with E-state index < -0.39 is 5.41 Å². The van der Waals surface area contributed by atoms with Gasteiger partial charge in [-0.2, -0.15) is 0 Å². The third kappa shape index (κ3) is 7.48. The number of hydrogen-bond donors (Lipinski definition) is 3. The molecule has 0 saturated carbocycles. The third-order valence-corrected chi connectivity index (χ3v) is 10.5. The summed E-state index contributed by atoms with van der Waals surface area (Å²) in [5.41, 5.74) is 16.4. The second kappa shape index (κ2) is 14.9. The van der Waals surface area contributed by atoms with Crippen molar-refractivity contribution >= 4 is 58.5 Å². The van der Waals surface area contributed by atoms with Gasteiger partial charge in [-0.25, -0.2) is 15.0 Å². The predicted octanol–water partition coefficient (Wildman–Crippen LogP) is 4.08. The van der Waals surface area contributed by atoms with Crippen molar-refractivity contribution in [3.05, 3.63) is 83.2 Å². The van der Waals surface area contributed by atoms with Gasteiger partial charge in [-0.1, -0.05) is 44.2 Å². The summed E-state index contributed by atoms with van der Waals surface area (Å²) in [4.78, 5) is 50.2. The fourth-order valence-corrected chi connectivity index (χ4v) is 7.54. The Kier molecular flexibility index (Phi) is 10.4. The van der Waals surface area contributed by atoms with Gasteiger partial charge in [0.2, 0.25) is 11.8 Å². The number of nitrogen functional groups attached to an aromatic ring is 1. The van der Waals surface area contributed by atoms with E-state index >= 15 is 0 Å². The van der Waals surface area contributed by atoms with Crippen LogP contribution in [0.15, 0.2) is 75.8 Å². The lowest BCUT2D eigenvalue weighted by molar-refractivity contribution is -0.132. The number of carbonyl (C=O) groups excluding carboxylic acids is 2. The van der Waals surface area contributed by atoms with E-state index in [9.17, 15) is 9.59 Å². The van der Waals surface area contributed by atoms with Crippen LogP contribution in [0.25, 0.3) is 5.57 Å². The lowest BCUT2D eigenvalue weighted by atomic mass is 9.85. The fraction of sp³-hybridized carbons (Fsp3) is 0.378. The lowest BCUT2D eigenvalue weighted by Gasteiger charge is -2.29. The van der Waals surface area contributed by atoms with Crippen LogP contribution in [-0.4, -0.2) is 101 Å². The van der Waals surface area contributed by atoms with Gasteiger partial charge in [-0.05, 0) is 61.2 Å². The molecule has 1 aromatic carbocycles. The molecule has 2 saturated heterocycles. The molecule has 2 amide bonds. The smallest absolute Gasteiger partial charge is 0.237 e. The number of likely N-dealkylation sites (tertiary alicyclic amines) is 1. The molecule has 1 atom stereocenters. The quantitative estimate of drug-likeness (QED) is 0.162. The molecule has 260 valence electrons. The van der Waals surface area contributed by atoms with Crippen LogP contribution < -0.4 is 16.4 Å². The normalized spacial score (nSPS) is 20.0. The van der Waals surface area contributed by atoms with Crippen molar-refractivity contribution in [3.8, 4) is 0 Å². The largest absolute Gasteiger partial charge is 0.397 e. The summed E-state index contributed by atoms with van der Waals surface area (Å²) in [6.07, 6.45) is 7.36. The monoisotopic (exact) mass is 692 g/mol. The van der Waals surface area contributed by atoms with Crippen molar-refractivity contribution in [2.75, 3.05) is 56.9 Å². The number of aromatic nitrogens is 2. The minimum absolute atomic E-state index is 0.0158. The van der Waals surface area contributed by atoms with Crippen molar-refractivity contribution in [3.63, 3.8) is 0 Å². The summed E-state index contributed by atoms with van der Waals surface area (Å²) in [6.45, 7) is 7.45. The first kappa shape index (κ1) is 35.0. The summed E-state index contributed by atoms with van der Waals surface area (Å²) < 4.78 is 0. The minimum atomic E-state index is -0.552. The van der Waals surface area contributed by atoms with Crippen LogP contribution in [0.1, 0.15) is 55.5 Å². The molecule has 50 heavy (non-hydrogen) atoms. The zero-order valence-corrected chi connectivity index (χ0v) is 29.6. The maximum Gasteiger partial charge on any atom is 0.237 e. The Hall–Kier alpha value is -4.88. The Balaban J connectivity index is 1.05. The van der Waals surface area contributed by atoms with E-state index in [1.807, 2.05) is 41.3 Å². The molecule has 0 unspecified atom stereocenters. The van der Waals surface area contributed by atoms with E-state index in [2.05, 4.69) is 39.8 Å². The highest BCUT2D eigenvalue weighted by Gasteiger charge is 2.51. The maximum atomic E-state index is 13.9. The van der Waals surface area contributed by atoms with Gasteiger partial charge < -0.3 is 16.4 Å². The number of rotatable bonds is 10. The Morgan fingerprint density at radius 3 is 2.52 bits per heavy atom. The summed E-state index contributed by atoms with van der Waals surface area (Å²) in [5, 5.41) is 10.1. The van der Waals surface area contributed by atoms with E-state index in [0.717, 1.165) is 22.6 Å². The van der Waals surface area contributed by atoms with Crippen LogP contribution in [0.2, 0.25) is 0 Å². The molecular weight excluding hydrogens is 649 g/mol. The predicted molar refractivity (Wildman–Crippen MR) is 201 cm³/mol. The van der Waals surface area contributed by atoms with Gasteiger partial charge in [-0.15, -0.1) is 11.8 Å². The topological polar surface area (TPSA) is 170 Å². The molecule has 0 radical (unpaired) electrons. The average Bonchev–Trinajstić information content (AvgIpc) is 3.68. The zero-order valence-electron chi connectivity index (χ0n) is 28.8. The molecule has 3 aromatic rings. The van der Waals surface area contributed by atoms with Gasteiger partial charge >= 0.3 is 0 Å². The van der Waals surface area contributed by atoms with Crippen LogP contribution in [0.3, 0.4) is 0 Å². The molecule has 2 fully saturated rings. The lowest BCUT2D eigenvalue weighted by Crippen LogP contribution is -2.43. The van der Waals surface area contributed by atoms with Crippen LogP contribution in [0.4, 0.5) is 11.5 Å². The highest BCUT2D eigenvalue weighted by atomic mass is 32.2. The first-order valence-electron chi connectivity index (χ1n) is 16.9. The molecule has 12 nitrogen and oxygen atoms in total. The number of anilines is 2. The molecule has 1 spiro atoms. The average molecular weight is 693 g/mol. The molecule has 13 heteroatoms. The van der Waals surface area contributed by atoms with Crippen LogP contribution in [-0.2, 0) is 9.59 Å². The third-order valence-electron chi connectivity index (χ3n) is 9.54. The number of nitrogens with two attached hydrogens (primary N) is 2.